The highest BCUT2D eigenvalue weighted by Crippen LogP contribution is 2.26. The van der Waals surface area contributed by atoms with E-state index in [1.54, 1.807) is 42.5 Å². The van der Waals surface area contributed by atoms with E-state index in [0.29, 0.717) is 15.6 Å². The number of carbonyl (C=O) groups is 1. The number of anilines is 1. The van der Waals surface area contributed by atoms with Crippen molar-refractivity contribution < 1.29 is 4.79 Å². The van der Waals surface area contributed by atoms with Crippen LogP contribution in [0.2, 0.25) is 10.0 Å². The largest absolute Gasteiger partial charge is 0.358 e. The SMILES string of the molecule is C/C(=C\C(=O)c1ccc(Cl)cc1)Nc1ccc(Cl)cc1Br. The molecule has 0 aliphatic rings. The van der Waals surface area contributed by atoms with Gasteiger partial charge in [0.1, 0.15) is 0 Å². The van der Waals surface area contributed by atoms with Crippen molar-refractivity contribution in [1.82, 2.24) is 0 Å². The molecule has 0 radical (unpaired) electrons. The van der Waals surface area contributed by atoms with Gasteiger partial charge in [0.2, 0.25) is 0 Å². The third kappa shape index (κ3) is 4.60. The lowest BCUT2D eigenvalue weighted by atomic mass is 10.1. The molecular weight excluding hydrogens is 373 g/mol. The van der Waals surface area contributed by atoms with Crippen molar-refractivity contribution in [2.45, 2.75) is 6.92 Å². The molecule has 0 saturated heterocycles. The smallest absolute Gasteiger partial charge is 0.187 e. The molecule has 0 unspecified atom stereocenters. The first-order chi connectivity index (χ1) is 9.95. The molecule has 5 heteroatoms. The van der Waals surface area contributed by atoms with E-state index in [9.17, 15) is 4.79 Å². The number of halogens is 3. The van der Waals surface area contributed by atoms with Gasteiger partial charge >= 0.3 is 0 Å². The van der Waals surface area contributed by atoms with Gasteiger partial charge in [0.15, 0.2) is 5.78 Å². The molecule has 0 aliphatic carbocycles. The van der Waals surface area contributed by atoms with Crippen molar-refractivity contribution in [2.24, 2.45) is 0 Å². The topological polar surface area (TPSA) is 29.1 Å². The van der Waals surface area contributed by atoms with Gasteiger partial charge < -0.3 is 5.32 Å². The number of benzene rings is 2. The average Bonchev–Trinajstić information content (AvgIpc) is 2.42. The number of hydrogen-bond acceptors (Lipinski definition) is 2. The monoisotopic (exact) mass is 383 g/mol. The van der Waals surface area contributed by atoms with Crippen LogP contribution in [0.3, 0.4) is 0 Å². The van der Waals surface area contributed by atoms with Gasteiger partial charge in [0.25, 0.3) is 0 Å². The van der Waals surface area contributed by atoms with Crippen LogP contribution in [0.5, 0.6) is 0 Å². The van der Waals surface area contributed by atoms with E-state index in [2.05, 4.69) is 21.2 Å². The Bertz CT molecular complexity index is 696. The lowest BCUT2D eigenvalue weighted by Gasteiger charge is -2.09. The number of allylic oxidation sites excluding steroid dienone is 2. The van der Waals surface area contributed by atoms with Gasteiger partial charge in [-0.25, -0.2) is 0 Å². The van der Waals surface area contributed by atoms with Crippen molar-refractivity contribution in [3.8, 4) is 0 Å². The Labute approximate surface area is 141 Å². The van der Waals surface area contributed by atoms with Crippen LogP contribution in [0.15, 0.2) is 58.7 Å². The molecule has 2 rings (SSSR count). The van der Waals surface area contributed by atoms with Crippen molar-refractivity contribution in [2.75, 3.05) is 5.32 Å². The maximum atomic E-state index is 12.1. The zero-order valence-electron chi connectivity index (χ0n) is 11.2. The summed E-state index contributed by atoms with van der Waals surface area (Å²) < 4.78 is 0.835. The summed E-state index contributed by atoms with van der Waals surface area (Å²) in [5, 5.41) is 4.41. The van der Waals surface area contributed by atoms with Crippen LogP contribution >= 0.6 is 39.1 Å². The molecule has 0 bridgehead atoms. The summed E-state index contributed by atoms with van der Waals surface area (Å²) in [6, 6.07) is 12.2. The lowest BCUT2D eigenvalue weighted by Crippen LogP contribution is -2.01. The minimum absolute atomic E-state index is 0.0817. The first-order valence-electron chi connectivity index (χ1n) is 6.16. The van der Waals surface area contributed by atoms with Crippen molar-refractivity contribution in [1.29, 1.82) is 0 Å². The van der Waals surface area contributed by atoms with E-state index >= 15 is 0 Å². The van der Waals surface area contributed by atoms with E-state index in [-0.39, 0.29) is 5.78 Å². The molecule has 0 fully saturated rings. The third-order valence-corrected chi connectivity index (χ3v) is 3.88. The first-order valence-corrected chi connectivity index (χ1v) is 7.71. The highest BCUT2D eigenvalue weighted by molar-refractivity contribution is 9.10. The van der Waals surface area contributed by atoms with Gasteiger partial charge in [-0.3, -0.25) is 4.79 Å². The Morgan fingerprint density at radius 2 is 1.71 bits per heavy atom. The molecule has 0 aliphatic heterocycles. The van der Waals surface area contributed by atoms with E-state index in [0.717, 1.165) is 15.9 Å². The van der Waals surface area contributed by atoms with E-state index < -0.39 is 0 Å². The van der Waals surface area contributed by atoms with Crippen molar-refractivity contribution in [3.05, 3.63) is 74.3 Å². The van der Waals surface area contributed by atoms with Crippen LogP contribution in [0.25, 0.3) is 0 Å². The fraction of sp³-hybridized carbons (Fsp3) is 0.0625. The standard InChI is InChI=1S/C16H12BrCl2NO/c1-10(20-15-7-6-13(19)9-14(15)17)8-16(21)11-2-4-12(18)5-3-11/h2-9,20H,1H3/b10-8+. The van der Waals surface area contributed by atoms with Crippen LogP contribution < -0.4 is 5.32 Å². The number of nitrogens with one attached hydrogen (secondary N) is 1. The highest BCUT2D eigenvalue weighted by atomic mass is 79.9. The second-order valence-corrected chi connectivity index (χ2v) is 6.17. The van der Waals surface area contributed by atoms with E-state index in [1.165, 1.54) is 0 Å². The molecule has 0 atom stereocenters. The zero-order chi connectivity index (χ0) is 15.4. The number of hydrogen-bond donors (Lipinski definition) is 1. The molecule has 0 amide bonds. The third-order valence-electron chi connectivity index (χ3n) is 2.74. The van der Waals surface area contributed by atoms with Gasteiger partial charge in [-0.05, 0) is 65.3 Å². The van der Waals surface area contributed by atoms with Crippen LogP contribution in [0.4, 0.5) is 5.69 Å². The van der Waals surface area contributed by atoms with Gasteiger partial charge in [0, 0.05) is 31.9 Å². The minimum Gasteiger partial charge on any atom is -0.358 e. The van der Waals surface area contributed by atoms with Gasteiger partial charge in [-0.1, -0.05) is 23.2 Å². The van der Waals surface area contributed by atoms with Crippen LogP contribution in [0.1, 0.15) is 17.3 Å². The van der Waals surface area contributed by atoms with E-state index in [1.807, 2.05) is 13.0 Å². The molecule has 2 nitrogen and oxygen atoms in total. The van der Waals surface area contributed by atoms with Gasteiger partial charge in [-0.15, -0.1) is 0 Å². The molecule has 1 N–H and O–H groups in total. The molecule has 0 heterocycles. The summed E-state index contributed by atoms with van der Waals surface area (Å²) in [7, 11) is 0. The summed E-state index contributed by atoms with van der Waals surface area (Å²) in [6.07, 6.45) is 1.55. The lowest BCUT2D eigenvalue weighted by molar-refractivity contribution is 0.104. The Morgan fingerprint density at radius 1 is 1.10 bits per heavy atom. The maximum Gasteiger partial charge on any atom is 0.187 e. The normalized spacial score (nSPS) is 11.3. The fourth-order valence-electron chi connectivity index (χ4n) is 1.73. The highest BCUT2D eigenvalue weighted by Gasteiger charge is 2.05. The Hall–Kier alpha value is -1.29. The second-order valence-electron chi connectivity index (χ2n) is 4.45. The summed E-state index contributed by atoms with van der Waals surface area (Å²) in [5.41, 5.74) is 2.17. The number of carbonyl (C=O) groups excluding carboxylic acids is 1. The number of ketones is 1. The van der Waals surface area contributed by atoms with E-state index in [4.69, 9.17) is 23.2 Å². The van der Waals surface area contributed by atoms with Gasteiger partial charge in [-0.2, -0.15) is 0 Å². The molecule has 0 saturated carbocycles. The molecule has 21 heavy (non-hydrogen) atoms. The number of rotatable bonds is 4. The summed E-state index contributed by atoms with van der Waals surface area (Å²) >= 11 is 15.1. The molecule has 108 valence electrons. The maximum absolute atomic E-state index is 12.1. The fourth-order valence-corrected chi connectivity index (χ4v) is 2.64. The molecule has 0 aromatic heterocycles. The summed E-state index contributed by atoms with van der Waals surface area (Å²) in [6.45, 7) is 1.83. The average molecular weight is 385 g/mol. The van der Waals surface area contributed by atoms with Crippen LogP contribution in [0, 0.1) is 0 Å². The molecule has 0 spiro atoms. The summed E-state index contributed by atoms with van der Waals surface area (Å²) in [5.74, 6) is -0.0817. The molecule has 2 aromatic carbocycles. The predicted octanol–water partition coefficient (Wildman–Crippen LogP) is 5.95. The predicted molar refractivity (Wildman–Crippen MR) is 92.3 cm³/mol. The van der Waals surface area contributed by atoms with Crippen LogP contribution in [-0.2, 0) is 0 Å². The van der Waals surface area contributed by atoms with Gasteiger partial charge in [0.05, 0.1) is 5.69 Å². The molecular formula is C16H12BrCl2NO. The second kappa shape index (κ2) is 7.12. The van der Waals surface area contributed by atoms with Crippen molar-refractivity contribution in [3.63, 3.8) is 0 Å². The minimum atomic E-state index is -0.0817. The zero-order valence-corrected chi connectivity index (χ0v) is 14.3. The summed E-state index contributed by atoms with van der Waals surface area (Å²) in [4.78, 5) is 12.1. The first kappa shape index (κ1) is 16.1. The Kier molecular flexibility index (Phi) is 5.45. The molecule has 2 aromatic rings. The van der Waals surface area contributed by atoms with Crippen molar-refractivity contribution >= 4 is 50.6 Å². The van der Waals surface area contributed by atoms with Crippen LogP contribution in [-0.4, -0.2) is 5.78 Å². The Morgan fingerprint density at radius 3 is 2.33 bits per heavy atom. The Balaban J connectivity index is 2.13. The quantitative estimate of drug-likeness (QED) is 0.520.